The molecular weight excluding hydrogens is 254 g/mol. The van der Waals surface area contributed by atoms with E-state index in [0.717, 1.165) is 13.0 Å². The van der Waals surface area contributed by atoms with Gasteiger partial charge in [-0.15, -0.1) is 0 Å². The van der Waals surface area contributed by atoms with E-state index >= 15 is 0 Å². The average Bonchev–Trinajstić information content (AvgIpc) is 2.99. The number of anilines is 1. The summed E-state index contributed by atoms with van der Waals surface area (Å²) in [6.45, 7) is 5.45. The van der Waals surface area contributed by atoms with Crippen molar-refractivity contribution in [2.45, 2.75) is 39.4 Å². The predicted molar refractivity (Wildman–Crippen MR) is 78.3 cm³/mol. The van der Waals surface area contributed by atoms with Gasteiger partial charge in [0, 0.05) is 31.2 Å². The minimum absolute atomic E-state index is 0.00592. The van der Waals surface area contributed by atoms with Crippen LogP contribution in [0.1, 0.15) is 30.8 Å². The summed E-state index contributed by atoms with van der Waals surface area (Å²) in [5.41, 5.74) is 7.00. The molecule has 0 saturated heterocycles. The maximum atomic E-state index is 12.3. The fraction of sp³-hybridized carbons (Fsp3) is 0.429. The maximum Gasteiger partial charge on any atom is 0.268 e. The number of nitrogens with one attached hydrogen (secondary N) is 1. The minimum atomic E-state index is -0.102. The highest BCUT2D eigenvalue weighted by Gasteiger charge is 2.15. The van der Waals surface area contributed by atoms with Crippen LogP contribution >= 0.6 is 0 Å². The standard InChI is InChI=1S/C14H21N5O/c1-3-6-18-10-12(15)8-13(18)14(20)17-11(2)9-19-7-4-5-16-19/h4-5,7-8,10-11H,3,6,9,15H2,1-2H3,(H,17,20). The molecule has 0 bridgehead atoms. The molecule has 2 aromatic rings. The number of nitrogens with zero attached hydrogens (tertiary/aromatic N) is 3. The quantitative estimate of drug-likeness (QED) is 0.838. The van der Waals surface area contributed by atoms with E-state index in [4.69, 9.17) is 5.73 Å². The fourth-order valence-electron chi connectivity index (χ4n) is 2.18. The SMILES string of the molecule is CCCn1cc(N)cc1C(=O)NC(C)Cn1cccn1. The van der Waals surface area contributed by atoms with Crippen LogP contribution in [0.3, 0.4) is 0 Å². The summed E-state index contributed by atoms with van der Waals surface area (Å²) < 4.78 is 3.69. The molecule has 1 amide bonds. The van der Waals surface area contributed by atoms with Crippen LogP contribution < -0.4 is 11.1 Å². The highest BCUT2D eigenvalue weighted by molar-refractivity contribution is 5.94. The zero-order valence-corrected chi connectivity index (χ0v) is 11.9. The van der Waals surface area contributed by atoms with E-state index in [0.29, 0.717) is 17.9 Å². The van der Waals surface area contributed by atoms with Gasteiger partial charge in [0.1, 0.15) is 5.69 Å². The number of nitrogen functional groups attached to an aromatic ring is 1. The van der Waals surface area contributed by atoms with Crippen molar-refractivity contribution in [2.24, 2.45) is 0 Å². The van der Waals surface area contributed by atoms with Crippen molar-refractivity contribution in [3.63, 3.8) is 0 Å². The number of aryl methyl sites for hydroxylation is 1. The van der Waals surface area contributed by atoms with Crippen LogP contribution in [-0.4, -0.2) is 26.3 Å². The minimum Gasteiger partial charge on any atom is -0.397 e. The second-order valence-electron chi connectivity index (χ2n) is 4.95. The lowest BCUT2D eigenvalue weighted by atomic mass is 10.3. The van der Waals surface area contributed by atoms with Crippen molar-refractivity contribution in [3.8, 4) is 0 Å². The molecule has 6 heteroatoms. The molecule has 0 spiro atoms. The van der Waals surface area contributed by atoms with Gasteiger partial charge in [-0.05, 0) is 25.5 Å². The van der Waals surface area contributed by atoms with Gasteiger partial charge in [0.05, 0.1) is 12.2 Å². The number of aromatic nitrogens is 3. The predicted octanol–water partition coefficient (Wildman–Crippen LogP) is 1.50. The van der Waals surface area contributed by atoms with Crippen molar-refractivity contribution in [3.05, 3.63) is 36.4 Å². The summed E-state index contributed by atoms with van der Waals surface area (Å²) in [5.74, 6) is -0.102. The van der Waals surface area contributed by atoms with E-state index < -0.39 is 0 Å². The summed E-state index contributed by atoms with van der Waals surface area (Å²) in [5, 5.41) is 7.10. The maximum absolute atomic E-state index is 12.3. The molecule has 2 aromatic heterocycles. The lowest BCUT2D eigenvalue weighted by Crippen LogP contribution is -2.36. The first-order chi connectivity index (χ1) is 9.60. The van der Waals surface area contributed by atoms with E-state index in [9.17, 15) is 4.79 Å². The first-order valence-electron chi connectivity index (χ1n) is 6.84. The first kappa shape index (κ1) is 14.2. The molecular formula is C14H21N5O. The number of carbonyl (C=O) groups excluding carboxylic acids is 1. The Bertz CT molecular complexity index is 558. The van der Waals surface area contributed by atoms with Crippen LogP contribution in [0.5, 0.6) is 0 Å². The molecule has 0 fully saturated rings. The van der Waals surface area contributed by atoms with Crippen molar-refractivity contribution >= 4 is 11.6 Å². The monoisotopic (exact) mass is 275 g/mol. The summed E-state index contributed by atoms with van der Waals surface area (Å²) in [4.78, 5) is 12.3. The molecule has 1 unspecified atom stereocenters. The molecule has 108 valence electrons. The van der Waals surface area contributed by atoms with Gasteiger partial charge in [0.2, 0.25) is 0 Å². The Hall–Kier alpha value is -2.24. The van der Waals surface area contributed by atoms with Gasteiger partial charge < -0.3 is 15.6 Å². The molecule has 6 nitrogen and oxygen atoms in total. The van der Waals surface area contributed by atoms with Crippen LogP contribution in [0.4, 0.5) is 5.69 Å². The first-order valence-corrected chi connectivity index (χ1v) is 6.84. The van der Waals surface area contributed by atoms with E-state index in [1.54, 1.807) is 23.1 Å². The molecule has 0 aliphatic rings. The number of amides is 1. The van der Waals surface area contributed by atoms with E-state index in [2.05, 4.69) is 17.3 Å². The molecule has 2 rings (SSSR count). The van der Waals surface area contributed by atoms with Crippen LogP contribution in [0.2, 0.25) is 0 Å². The summed E-state index contributed by atoms with van der Waals surface area (Å²) in [7, 11) is 0. The number of carbonyl (C=O) groups is 1. The van der Waals surface area contributed by atoms with Crippen molar-refractivity contribution in [2.75, 3.05) is 5.73 Å². The molecule has 2 heterocycles. The fourth-order valence-corrected chi connectivity index (χ4v) is 2.18. The topological polar surface area (TPSA) is 77.9 Å². The van der Waals surface area contributed by atoms with Gasteiger partial charge in [-0.2, -0.15) is 5.10 Å². The summed E-state index contributed by atoms with van der Waals surface area (Å²) in [6, 6.07) is 3.57. The van der Waals surface area contributed by atoms with Crippen LogP contribution in [0, 0.1) is 0 Å². The molecule has 0 aliphatic heterocycles. The largest absolute Gasteiger partial charge is 0.397 e. The highest BCUT2D eigenvalue weighted by Crippen LogP contribution is 2.11. The number of hydrogen-bond donors (Lipinski definition) is 2. The Labute approximate surface area is 118 Å². The van der Waals surface area contributed by atoms with Gasteiger partial charge in [-0.25, -0.2) is 0 Å². The Morgan fingerprint density at radius 1 is 1.55 bits per heavy atom. The summed E-state index contributed by atoms with van der Waals surface area (Å²) >= 11 is 0. The molecule has 1 atom stereocenters. The third-order valence-corrected chi connectivity index (χ3v) is 3.01. The summed E-state index contributed by atoms with van der Waals surface area (Å²) in [6.07, 6.45) is 6.36. The second-order valence-corrected chi connectivity index (χ2v) is 4.95. The van der Waals surface area contributed by atoms with Crippen LogP contribution in [0.25, 0.3) is 0 Å². The van der Waals surface area contributed by atoms with Gasteiger partial charge in [-0.1, -0.05) is 6.92 Å². The molecule has 20 heavy (non-hydrogen) atoms. The van der Waals surface area contributed by atoms with Gasteiger partial charge in [0.25, 0.3) is 5.91 Å². The normalized spacial score (nSPS) is 12.3. The third-order valence-electron chi connectivity index (χ3n) is 3.01. The van der Waals surface area contributed by atoms with Gasteiger partial charge in [-0.3, -0.25) is 9.48 Å². The molecule has 3 N–H and O–H groups in total. The van der Waals surface area contributed by atoms with Crippen molar-refractivity contribution < 1.29 is 4.79 Å². The Morgan fingerprint density at radius 2 is 2.35 bits per heavy atom. The van der Waals surface area contributed by atoms with E-state index in [1.807, 2.05) is 23.8 Å². The molecule has 0 saturated carbocycles. The van der Waals surface area contributed by atoms with Crippen molar-refractivity contribution in [1.82, 2.24) is 19.7 Å². The number of hydrogen-bond acceptors (Lipinski definition) is 3. The number of nitrogens with two attached hydrogens (primary N) is 1. The highest BCUT2D eigenvalue weighted by atomic mass is 16.2. The average molecular weight is 275 g/mol. The smallest absolute Gasteiger partial charge is 0.268 e. The van der Waals surface area contributed by atoms with E-state index in [-0.39, 0.29) is 11.9 Å². The third kappa shape index (κ3) is 3.40. The van der Waals surface area contributed by atoms with Crippen LogP contribution in [0.15, 0.2) is 30.7 Å². The lowest BCUT2D eigenvalue weighted by molar-refractivity contribution is 0.0926. The lowest BCUT2D eigenvalue weighted by Gasteiger charge is -2.15. The Kier molecular flexibility index (Phi) is 4.45. The van der Waals surface area contributed by atoms with Gasteiger partial charge >= 0.3 is 0 Å². The number of rotatable bonds is 6. The van der Waals surface area contributed by atoms with E-state index in [1.165, 1.54) is 0 Å². The second kappa shape index (κ2) is 6.27. The zero-order chi connectivity index (χ0) is 14.5. The zero-order valence-electron chi connectivity index (χ0n) is 11.9. The Morgan fingerprint density at radius 3 is 3.00 bits per heavy atom. The Balaban J connectivity index is 2.00. The van der Waals surface area contributed by atoms with Gasteiger partial charge in [0.15, 0.2) is 0 Å². The van der Waals surface area contributed by atoms with Crippen molar-refractivity contribution in [1.29, 1.82) is 0 Å². The molecule has 0 radical (unpaired) electrons. The molecule has 0 aliphatic carbocycles. The van der Waals surface area contributed by atoms with Crippen LogP contribution in [-0.2, 0) is 13.1 Å². The molecule has 0 aromatic carbocycles.